The summed E-state index contributed by atoms with van der Waals surface area (Å²) in [7, 11) is 0. The number of hydrogen-bond donors (Lipinski definition) is 1. The van der Waals surface area contributed by atoms with E-state index in [2.05, 4.69) is 15.3 Å². The van der Waals surface area contributed by atoms with Gasteiger partial charge in [0.25, 0.3) is 5.91 Å². The molecule has 0 fully saturated rings. The van der Waals surface area contributed by atoms with Crippen molar-refractivity contribution in [1.29, 1.82) is 0 Å². The summed E-state index contributed by atoms with van der Waals surface area (Å²) in [5, 5.41) is 3.04. The van der Waals surface area contributed by atoms with Crippen LogP contribution in [0.3, 0.4) is 0 Å². The summed E-state index contributed by atoms with van der Waals surface area (Å²) < 4.78 is 0. The zero-order valence-corrected chi connectivity index (χ0v) is 12.4. The van der Waals surface area contributed by atoms with Crippen molar-refractivity contribution >= 4 is 28.5 Å². The minimum atomic E-state index is -0.351. The number of hydrogen-bond acceptors (Lipinski definition) is 3. The average molecular weight is 292 g/mol. The van der Waals surface area contributed by atoms with Crippen LogP contribution in [0, 0.1) is 0 Å². The van der Waals surface area contributed by atoms with Crippen LogP contribution in [0.4, 0.5) is 0 Å². The summed E-state index contributed by atoms with van der Waals surface area (Å²) in [5.41, 5.74) is 1.72. The van der Waals surface area contributed by atoms with E-state index in [-0.39, 0.29) is 11.4 Å². The first-order valence-electron chi connectivity index (χ1n) is 6.73. The van der Waals surface area contributed by atoms with Crippen LogP contribution in [-0.2, 0) is 0 Å². The summed E-state index contributed by atoms with van der Waals surface area (Å²) >= 11 is 6.01. The first kappa shape index (κ1) is 14.7. The quantitative estimate of drug-likeness (QED) is 0.861. The molecule has 0 radical (unpaired) electrons. The molecule has 1 aromatic heterocycles. The topological polar surface area (TPSA) is 54.9 Å². The first-order chi connectivity index (χ1) is 9.64. The number of benzene rings is 1. The lowest BCUT2D eigenvalue weighted by molar-refractivity contribution is 0.0902. The van der Waals surface area contributed by atoms with Crippen LogP contribution in [0.2, 0.25) is 0 Å². The molecule has 2 aromatic rings. The molecule has 106 valence electrons. The van der Waals surface area contributed by atoms with Gasteiger partial charge in [0.1, 0.15) is 0 Å². The molecule has 0 aliphatic rings. The highest BCUT2D eigenvalue weighted by molar-refractivity contribution is 6.19. The Bertz CT molecular complexity index is 603. The number of rotatable bonds is 5. The van der Waals surface area contributed by atoms with Crippen molar-refractivity contribution < 1.29 is 4.79 Å². The molecule has 5 heteroatoms. The highest BCUT2D eigenvalue weighted by Crippen LogP contribution is 2.19. The highest BCUT2D eigenvalue weighted by atomic mass is 35.5. The minimum absolute atomic E-state index is 0.123. The van der Waals surface area contributed by atoms with Gasteiger partial charge in [0.05, 0.1) is 16.6 Å². The fraction of sp³-hybridized carbons (Fsp3) is 0.400. The largest absolute Gasteiger partial charge is 0.345 e. The maximum atomic E-state index is 12.4. The third-order valence-electron chi connectivity index (χ3n) is 3.72. The molecule has 0 spiro atoms. The molecular formula is C15H18ClN3O. The van der Waals surface area contributed by atoms with Gasteiger partial charge >= 0.3 is 0 Å². The van der Waals surface area contributed by atoms with Gasteiger partial charge in [0, 0.05) is 23.8 Å². The lowest BCUT2D eigenvalue weighted by Crippen LogP contribution is -2.49. The van der Waals surface area contributed by atoms with Crippen molar-refractivity contribution in [1.82, 2.24) is 15.3 Å². The maximum Gasteiger partial charge on any atom is 0.251 e. The van der Waals surface area contributed by atoms with E-state index in [9.17, 15) is 4.79 Å². The fourth-order valence-electron chi connectivity index (χ4n) is 2.07. The lowest BCUT2D eigenvalue weighted by Gasteiger charge is -2.30. The second-order valence-electron chi connectivity index (χ2n) is 4.84. The standard InChI is InChI=1S/C15H18ClN3O/c1-3-15(4-2,10-16)19-14(20)11-5-6-12-13(9-11)18-8-7-17-12/h5-9H,3-4,10H2,1-2H3,(H,19,20). The van der Waals surface area contributed by atoms with E-state index in [4.69, 9.17) is 11.6 Å². The molecule has 0 saturated heterocycles. The Hall–Kier alpha value is -1.68. The third kappa shape index (κ3) is 2.90. The zero-order chi connectivity index (χ0) is 14.6. The van der Waals surface area contributed by atoms with Crippen LogP contribution >= 0.6 is 11.6 Å². The number of carbonyl (C=O) groups excluding carboxylic acids is 1. The number of nitrogens with one attached hydrogen (secondary N) is 1. The summed E-state index contributed by atoms with van der Waals surface area (Å²) in [6, 6.07) is 5.32. The summed E-state index contributed by atoms with van der Waals surface area (Å²) in [6.07, 6.45) is 4.85. The Morgan fingerprint density at radius 2 is 1.85 bits per heavy atom. The molecule has 4 nitrogen and oxygen atoms in total. The lowest BCUT2D eigenvalue weighted by atomic mass is 9.94. The van der Waals surface area contributed by atoms with E-state index >= 15 is 0 Å². The number of alkyl halides is 1. The van der Waals surface area contributed by atoms with Crippen molar-refractivity contribution in [3.8, 4) is 0 Å². The fourth-order valence-corrected chi connectivity index (χ4v) is 2.51. The number of nitrogens with zero attached hydrogens (tertiary/aromatic N) is 2. The predicted molar refractivity (Wildman–Crippen MR) is 81.0 cm³/mol. The van der Waals surface area contributed by atoms with Crippen LogP contribution in [0.5, 0.6) is 0 Å². The minimum Gasteiger partial charge on any atom is -0.345 e. The number of carbonyl (C=O) groups is 1. The second kappa shape index (κ2) is 6.18. The number of aromatic nitrogens is 2. The maximum absolute atomic E-state index is 12.4. The van der Waals surface area contributed by atoms with Crippen LogP contribution in [0.1, 0.15) is 37.0 Å². The SMILES string of the molecule is CCC(CC)(CCl)NC(=O)c1ccc2nccnc2c1. The molecule has 1 N–H and O–H groups in total. The molecule has 2 rings (SSSR count). The van der Waals surface area contributed by atoms with Crippen molar-refractivity contribution in [2.45, 2.75) is 32.2 Å². The van der Waals surface area contributed by atoms with Crippen molar-refractivity contribution in [3.63, 3.8) is 0 Å². The Morgan fingerprint density at radius 3 is 2.45 bits per heavy atom. The molecular weight excluding hydrogens is 274 g/mol. The van der Waals surface area contributed by atoms with E-state index in [1.165, 1.54) is 0 Å². The van der Waals surface area contributed by atoms with Gasteiger partial charge < -0.3 is 5.32 Å². The summed E-state index contributed by atoms with van der Waals surface area (Å²) in [6.45, 7) is 4.05. The van der Waals surface area contributed by atoms with E-state index in [0.717, 1.165) is 18.4 Å². The van der Waals surface area contributed by atoms with Crippen molar-refractivity contribution in [2.75, 3.05) is 5.88 Å². The van der Waals surface area contributed by atoms with Crippen molar-refractivity contribution in [3.05, 3.63) is 36.2 Å². The first-order valence-corrected chi connectivity index (χ1v) is 7.27. The Labute approximate surface area is 123 Å². The third-order valence-corrected chi connectivity index (χ3v) is 4.23. The van der Waals surface area contributed by atoms with E-state index in [0.29, 0.717) is 17.0 Å². The number of halogens is 1. The van der Waals surface area contributed by atoms with Gasteiger partial charge in [-0.05, 0) is 31.0 Å². The smallest absolute Gasteiger partial charge is 0.251 e. The Kier molecular flexibility index (Phi) is 4.55. The molecule has 1 amide bonds. The summed E-state index contributed by atoms with van der Waals surface area (Å²) in [4.78, 5) is 20.8. The van der Waals surface area contributed by atoms with Gasteiger partial charge in [-0.15, -0.1) is 11.6 Å². The van der Waals surface area contributed by atoms with Crippen LogP contribution in [0.15, 0.2) is 30.6 Å². The van der Waals surface area contributed by atoms with E-state index < -0.39 is 0 Å². The van der Waals surface area contributed by atoms with Crippen LogP contribution < -0.4 is 5.32 Å². The Morgan fingerprint density at radius 1 is 1.20 bits per heavy atom. The summed E-state index contributed by atoms with van der Waals surface area (Å²) in [5.74, 6) is 0.279. The van der Waals surface area contributed by atoms with Crippen LogP contribution in [-0.4, -0.2) is 27.3 Å². The molecule has 0 atom stereocenters. The van der Waals surface area contributed by atoms with E-state index in [1.54, 1.807) is 30.6 Å². The normalized spacial score (nSPS) is 11.6. The zero-order valence-electron chi connectivity index (χ0n) is 11.7. The molecule has 0 aliphatic carbocycles. The van der Waals surface area contributed by atoms with Gasteiger partial charge in [0.2, 0.25) is 0 Å². The molecule has 0 unspecified atom stereocenters. The van der Waals surface area contributed by atoms with Crippen LogP contribution in [0.25, 0.3) is 11.0 Å². The predicted octanol–water partition coefficient (Wildman–Crippen LogP) is 3.16. The highest BCUT2D eigenvalue weighted by Gasteiger charge is 2.27. The number of amides is 1. The van der Waals surface area contributed by atoms with E-state index in [1.807, 2.05) is 13.8 Å². The van der Waals surface area contributed by atoms with Gasteiger partial charge in [-0.1, -0.05) is 13.8 Å². The van der Waals surface area contributed by atoms with Gasteiger partial charge in [-0.25, -0.2) is 0 Å². The number of fused-ring (bicyclic) bond motifs is 1. The average Bonchev–Trinajstić information content (AvgIpc) is 2.52. The molecule has 1 aromatic carbocycles. The molecule has 0 bridgehead atoms. The van der Waals surface area contributed by atoms with Gasteiger partial charge in [-0.2, -0.15) is 0 Å². The van der Waals surface area contributed by atoms with Gasteiger partial charge in [0.15, 0.2) is 0 Å². The monoisotopic (exact) mass is 291 g/mol. The second-order valence-corrected chi connectivity index (χ2v) is 5.10. The Balaban J connectivity index is 2.27. The molecule has 20 heavy (non-hydrogen) atoms. The molecule has 0 saturated carbocycles. The molecule has 0 aliphatic heterocycles. The van der Waals surface area contributed by atoms with Gasteiger partial charge in [-0.3, -0.25) is 14.8 Å². The van der Waals surface area contributed by atoms with Crippen molar-refractivity contribution in [2.24, 2.45) is 0 Å². The molecule has 1 heterocycles.